The molecule has 9 heteroatoms. The molecule has 0 aromatic carbocycles. The first-order valence-corrected chi connectivity index (χ1v) is 9.05. The number of amides is 3. The van der Waals surface area contributed by atoms with Crippen LogP contribution in [0.4, 0.5) is 4.79 Å². The Morgan fingerprint density at radius 1 is 1.15 bits per heavy atom. The maximum absolute atomic E-state index is 12.0. The lowest BCUT2D eigenvalue weighted by atomic mass is 10.1. The predicted octanol–water partition coefficient (Wildman–Crippen LogP) is -0.0129. The highest BCUT2D eigenvalue weighted by atomic mass is 16.5. The Hall–Kier alpha value is -2.76. The van der Waals surface area contributed by atoms with E-state index in [1.54, 1.807) is 0 Å². The van der Waals surface area contributed by atoms with Crippen LogP contribution in [0.15, 0.2) is 0 Å². The first-order chi connectivity index (χ1) is 12.9. The molecule has 0 saturated heterocycles. The zero-order valence-electron chi connectivity index (χ0n) is 15.0. The molecular weight excluding hydrogens is 354 g/mol. The van der Waals surface area contributed by atoms with Gasteiger partial charge in [-0.2, -0.15) is 0 Å². The minimum Gasteiger partial charge on any atom is -0.480 e. The Kier molecular flexibility index (Phi) is 7.46. The molecule has 3 unspecified atom stereocenters. The molecule has 0 spiro atoms. The number of alkyl carbamates (subject to hydrolysis) is 1. The second kappa shape index (κ2) is 9.80. The molecule has 1 fully saturated rings. The molecule has 3 atom stereocenters. The standard InChI is InChI=1S/C18H25N3O6/c19-15(22)8-7-14(17(25)20-9-16(23)24)21-18(26)27-10-13-11-5-3-1-2-4-6-12(11)13/h11-14H,3-10H2,(H2,19,22)(H,20,25)(H,21,26)(H,23,24). The lowest BCUT2D eigenvalue weighted by Crippen LogP contribution is -2.48. The van der Waals surface area contributed by atoms with E-state index in [4.69, 9.17) is 15.6 Å². The van der Waals surface area contributed by atoms with Gasteiger partial charge in [-0.05, 0) is 37.0 Å². The van der Waals surface area contributed by atoms with Gasteiger partial charge in [0.15, 0.2) is 0 Å². The number of carbonyl (C=O) groups is 4. The highest BCUT2D eigenvalue weighted by molar-refractivity contribution is 5.88. The van der Waals surface area contributed by atoms with Crippen LogP contribution in [0.3, 0.4) is 0 Å². The van der Waals surface area contributed by atoms with E-state index in [0.717, 1.165) is 25.7 Å². The third kappa shape index (κ3) is 6.81. The Labute approximate surface area is 157 Å². The summed E-state index contributed by atoms with van der Waals surface area (Å²) in [4.78, 5) is 45.6. The number of aliphatic carboxylic acids is 1. The SMILES string of the molecule is NC(=O)CCC(NC(=O)OCC1C2CCC#CCCC21)C(=O)NCC(=O)O. The molecule has 3 amide bonds. The molecule has 0 heterocycles. The number of fused-ring (bicyclic) bond motifs is 1. The quantitative estimate of drug-likeness (QED) is 0.414. The van der Waals surface area contributed by atoms with Crippen molar-refractivity contribution in [3.8, 4) is 11.8 Å². The molecule has 1 saturated carbocycles. The van der Waals surface area contributed by atoms with Crippen LogP contribution in [0, 0.1) is 29.6 Å². The summed E-state index contributed by atoms with van der Waals surface area (Å²) in [5.41, 5.74) is 5.07. The lowest BCUT2D eigenvalue weighted by molar-refractivity contribution is -0.138. The van der Waals surface area contributed by atoms with Crippen molar-refractivity contribution in [2.24, 2.45) is 23.5 Å². The van der Waals surface area contributed by atoms with Crippen molar-refractivity contribution in [3.05, 3.63) is 0 Å². The third-order valence-corrected chi connectivity index (χ3v) is 4.95. The maximum Gasteiger partial charge on any atom is 0.407 e. The van der Waals surface area contributed by atoms with E-state index in [1.807, 2.05) is 0 Å². The van der Waals surface area contributed by atoms with Gasteiger partial charge in [0, 0.05) is 19.3 Å². The Morgan fingerprint density at radius 3 is 2.33 bits per heavy atom. The summed E-state index contributed by atoms with van der Waals surface area (Å²) in [6, 6.07) is -1.09. The molecule has 0 radical (unpaired) electrons. The molecule has 148 valence electrons. The van der Waals surface area contributed by atoms with E-state index in [-0.39, 0.29) is 19.4 Å². The molecule has 2 aliphatic carbocycles. The van der Waals surface area contributed by atoms with Gasteiger partial charge in [-0.15, -0.1) is 11.8 Å². The molecule has 5 N–H and O–H groups in total. The minimum atomic E-state index is -1.22. The van der Waals surface area contributed by atoms with Crippen molar-refractivity contribution in [2.75, 3.05) is 13.2 Å². The van der Waals surface area contributed by atoms with Crippen LogP contribution >= 0.6 is 0 Å². The Balaban J connectivity index is 1.79. The number of rotatable bonds is 9. The van der Waals surface area contributed by atoms with Gasteiger partial charge in [0.25, 0.3) is 0 Å². The van der Waals surface area contributed by atoms with E-state index in [0.29, 0.717) is 17.8 Å². The highest BCUT2D eigenvalue weighted by Gasteiger charge is 2.49. The number of carboxylic acid groups (broad SMARTS) is 1. The smallest absolute Gasteiger partial charge is 0.407 e. The fourth-order valence-corrected chi connectivity index (χ4v) is 3.48. The van der Waals surface area contributed by atoms with Crippen LogP contribution < -0.4 is 16.4 Å². The summed E-state index contributed by atoms with van der Waals surface area (Å²) in [6.07, 6.45) is 2.80. The molecule has 2 aliphatic rings. The number of hydrogen-bond acceptors (Lipinski definition) is 5. The van der Waals surface area contributed by atoms with Gasteiger partial charge in [-0.1, -0.05) is 0 Å². The van der Waals surface area contributed by atoms with Gasteiger partial charge in [-0.3, -0.25) is 14.4 Å². The van der Waals surface area contributed by atoms with Crippen molar-refractivity contribution in [1.29, 1.82) is 0 Å². The Morgan fingerprint density at radius 2 is 1.78 bits per heavy atom. The minimum absolute atomic E-state index is 0.0398. The highest BCUT2D eigenvalue weighted by Crippen LogP contribution is 2.52. The second-order valence-corrected chi connectivity index (χ2v) is 6.83. The molecule has 0 bridgehead atoms. The van der Waals surface area contributed by atoms with Gasteiger partial charge >= 0.3 is 12.1 Å². The molecular formula is C18H25N3O6. The number of nitrogens with two attached hydrogens (primary N) is 1. The average molecular weight is 379 g/mol. The number of ether oxygens (including phenoxy) is 1. The summed E-state index contributed by atoms with van der Waals surface area (Å²) >= 11 is 0. The summed E-state index contributed by atoms with van der Waals surface area (Å²) in [7, 11) is 0. The summed E-state index contributed by atoms with van der Waals surface area (Å²) in [5, 5.41) is 13.2. The fraction of sp³-hybridized carbons (Fsp3) is 0.667. The van der Waals surface area contributed by atoms with E-state index in [9.17, 15) is 19.2 Å². The third-order valence-electron chi connectivity index (χ3n) is 4.95. The topological polar surface area (TPSA) is 148 Å². The number of nitrogens with one attached hydrogen (secondary N) is 2. The van der Waals surface area contributed by atoms with Crippen molar-refractivity contribution in [1.82, 2.24) is 10.6 Å². The van der Waals surface area contributed by atoms with Crippen molar-refractivity contribution in [3.63, 3.8) is 0 Å². The average Bonchev–Trinajstić information content (AvgIpc) is 3.23. The summed E-state index contributed by atoms with van der Waals surface area (Å²) < 4.78 is 5.25. The van der Waals surface area contributed by atoms with Gasteiger partial charge in [0.1, 0.15) is 12.6 Å². The number of carboxylic acids is 1. The first-order valence-electron chi connectivity index (χ1n) is 9.05. The largest absolute Gasteiger partial charge is 0.480 e. The number of carbonyl (C=O) groups excluding carboxylic acids is 3. The first kappa shape index (κ1) is 20.6. The van der Waals surface area contributed by atoms with Crippen LogP contribution in [0.25, 0.3) is 0 Å². The van der Waals surface area contributed by atoms with Crippen LogP contribution in [-0.2, 0) is 19.1 Å². The van der Waals surface area contributed by atoms with Crippen molar-refractivity contribution < 1.29 is 29.0 Å². The second-order valence-electron chi connectivity index (χ2n) is 6.83. The number of hydrogen-bond donors (Lipinski definition) is 4. The predicted molar refractivity (Wildman–Crippen MR) is 94.1 cm³/mol. The summed E-state index contributed by atoms with van der Waals surface area (Å²) in [5.74, 6) is 5.04. The maximum atomic E-state index is 12.0. The van der Waals surface area contributed by atoms with E-state index < -0.39 is 36.5 Å². The number of primary amides is 1. The zero-order valence-corrected chi connectivity index (χ0v) is 15.0. The molecule has 27 heavy (non-hydrogen) atoms. The van der Waals surface area contributed by atoms with Crippen LogP contribution in [-0.4, -0.2) is 48.2 Å². The normalized spacial score (nSPS) is 23.9. The monoisotopic (exact) mass is 379 g/mol. The van der Waals surface area contributed by atoms with E-state index in [1.165, 1.54) is 0 Å². The molecule has 0 aromatic rings. The molecule has 0 aromatic heterocycles. The zero-order chi connectivity index (χ0) is 19.8. The van der Waals surface area contributed by atoms with Gasteiger partial charge in [0.2, 0.25) is 11.8 Å². The van der Waals surface area contributed by atoms with Crippen LogP contribution in [0.1, 0.15) is 38.5 Å². The molecule has 0 aliphatic heterocycles. The van der Waals surface area contributed by atoms with E-state index in [2.05, 4.69) is 22.5 Å². The van der Waals surface area contributed by atoms with E-state index >= 15 is 0 Å². The van der Waals surface area contributed by atoms with Crippen molar-refractivity contribution >= 4 is 23.9 Å². The Bertz CT molecular complexity index is 635. The molecule has 9 nitrogen and oxygen atoms in total. The van der Waals surface area contributed by atoms with Crippen LogP contribution in [0.5, 0.6) is 0 Å². The fourth-order valence-electron chi connectivity index (χ4n) is 3.48. The van der Waals surface area contributed by atoms with Gasteiger partial charge in [0.05, 0.1) is 6.61 Å². The summed E-state index contributed by atoms with van der Waals surface area (Å²) in [6.45, 7) is -0.323. The van der Waals surface area contributed by atoms with Gasteiger partial charge < -0.3 is 26.2 Å². The van der Waals surface area contributed by atoms with Crippen LogP contribution in [0.2, 0.25) is 0 Å². The van der Waals surface area contributed by atoms with Crippen molar-refractivity contribution in [2.45, 2.75) is 44.6 Å². The lowest BCUT2D eigenvalue weighted by Gasteiger charge is -2.17. The van der Waals surface area contributed by atoms with Gasteiger partial charge in [-0.25, -0.2) is 4.79 Å². The molecule has 2 rings (SSSR count).